The fraction of sp³-hybridized carbons (Fsp3) is 0.414. The van der Waals surface area contributed by atoms with Crippen LogP contribution in [0.2, 0.25) is 0 Å². The zero-order valence-corrected chi connectivity index (χ0v) is 20.5. The van der Waals surface area contributed by atoms with E-state index in [1.807, 2.05) is 6.20 Å². The Balaban J connectivity index is 1.74. The first kappa shape index (κ1) is 21.1. The van der Waals surface area contributed by atoms with E-state index in [2.05, 4.69) is 88.4 Å². The molecule has 1 aromatic heterocycles. The average Bonchev–Trinajstić information content (AvgIpc) is 3.05. The van der Waals surface area contributed by atoms with Crippen LogP contribution in [0, 0.1) is 5.92 Å². The molecule has 3 aliphatic rings. The highest BCUT2D eigenvalue weighted by atomic mass is 15.0. The third-order valence-corrected chi connectivity index (χ3v) is 9.25. The maximum absolute atomic E-state index is 6.74. The van der Waals surface area contributed by atoms with Crippen molar-refractivity contribution in [1.82, 2.24) is 10.3 Å². The molecule has 3 atom stereocenters. The van der Waals surface area contributed by atoms with Gasteiger partial charge in [0.1, 0.15) is 0 Å². The van der Waals surface area contributed by atoms with Crippen LogP contribution in [0.1, 0.15) is 87.3 Å². The number of hydrogen-bond acceptors (Lipinski definition) is 2. The predicted octanol–water partition coefficient (Wildman–Crippen LogP) is 5.87. The Morgan fingerprint density at radius 3 is 2.58 bits per heavy atom. The summed E-state index contributed by atoms with van der Waals surface area (Å²) in [7, 11) is 13.5. The maximum atomic E-state index is 6.74. The van der Waals surface area contributed by atoms with Crippen LogP contribution in [-0.4, -0.2) is 20.7 Å². The van der Waals surface area contributed by atoms with E-state index in [0.717, 1.165) is 12.0 Å². The summed E-state index contributed by atoms with van der Waals surface area (Å²) in [5.41, 5.74) is 9.88. The highest BCUT2D eigenvalue weighted by molar-refractivity contribution is 6.40. The van der Waals surface area contributed by atoms with Crippen LogP contribution in [0.5, 0.6) is 0 Å². The molecule has 162 valence electrons. The van der Waals surface area contributed by atoms with Crippen LogP contribution in [-0.2, 0) is 16.2 Å². The average molecular weight is 428 g/mol. The van der Waals surface area contributed by atoms with Gasteiger partial charge in [-0.1, -0.05) is 88.1 Å². The van der Waals surface area contributed by atoms with Gasteiger partial charge >= 0.3 is 0 Å². The summed E-state index contributed by atoms with van der Waals surface area (Å²) in [5.74, 6) is 0.452. The highest BCUT2D eigenvalue weighted by Gasteiger charge is 2.51. The Labute approximate surface area is 200 Å². The number of benzene rings is 2. The Morgan fingerprint density at radius 1 is 1.09 bits per heavy atom. The van der Waals surface area contributed by atoms with E-state index < -0.39 is 5.21 Å². The van der Waals surface area contributed by atoms with Gasteiger partial charge in [-0.3, -0.25) is 4.98 Å². The molecule has 0 fully saturated rings. The topological polar surface area (TPSA) is 24.9 Å². The van der Waals surface area contributed by atoms with E-state index in [-0.39, 0.29) is 22.8 Å². The number of pyridine rings is 1. The Hall–Kier alpha value is -2.48. The van der Waals surface area contributed by atoms with Crippen molar-refractivity contribution in [3.63, 3.8) is 0 Å². The summed E-state index contributed by atoms with van der Waals surface area (Å²) in [5, 5.41) is 5.71. The number of allylic oxidation sites excluding steroid dienone is 1. The summed E-state index contributed by atoms with van der Waals surface area (Å²) in [6.07, 6.45) is 5.00. The lowest BCUT2D eigenvalue weighted by molar-refractivity contribution is 0.375. The third kappa shape index (κ3) is 2.40. The molecule has 3 unspecified atom stereocenters. The van der Waals surface area contributed by atoms with Crippen molar-refractivity contribution in [2.24, 2.45) is 5.92 Å². The zero-order chi connectivity index (χ0) is 23.5. The lowest BCUT2D eigenvalue weighted by Gasteiger charge is -2.39. The van der Waals surface area contributed by atoms with Gasteiger partial charge in [0, 0.05) is 40.4 Å². The van der Waals surface area contributed by atoms with Crippen molar-refractivity contribution in [3.8, 4) is 0 Å². The van der Waals surface area contributed by atoms with Crippen LogP contribution in [0.4, 0.5) is 0 Å². The lowest BCUT2D eigenvalue weighted by Crippen LogP contribution is -2.37. The van der Waals surface area contributed by atoms with Gasteiger partial charge in [-0.15, -0.1) is 0 Å². The van der Waals surface area contributed by atoms with E-state index in [1.54, 1.807) is 0 Å². The second-order valence-electron chi connectivity index (χ2n) is 11.2. The molecule has 2 bridgehead atoms. The molecule has 0 saturated heterocycles. The molecular weight excluding hydrogens is 398 g/mol. The summed E-state index contributed by atoms with van der Waals surface area (Å²) in [6.45, 7) is 13.6. The van der Waals surface area contributed by atoms with Gasteiger partial charge in [-0.25, -0.2) is 0 Å². The van der Waals surface area contributed by atoms with E-state index >= 15 is 0 Å². The van der Waals surface area contributed by atoms with Gasteiger partial charge in [0.15, 0.2) is 0 Å². The van der Waals surface area contributed by atoms with E-state index in [9.17, 15) is 0 Å². The van der Waals surface area contributed by atoms with Gasteiger partial charge in [-0.2, -0.15) is 0 Å². The monoisotopic (exact) mass is 428 g/mol. The second-order valence-corrected chi connectivity index (χ2v) is 11.2. The van der Waals surface area contributed by atoms with Crippen LogP contribution in [0.3, 0.4) is 0 Å². The van der Waals surface area contributed by atoms with Gasteiger partial charge in [0.05, 0.1) is 21.2 Å². The minimum Gasteiger partial charge on any atom is -0.374 e. The molecule has 6 rings (SSSR count). The minimum atomic E-state index is -0.871. The molecule has 2 aliphatic heterocycles. The standard InChI is InChI=1S/C29H30B2N2/c1-7-15(2)29(30,31)18-9-10-19-16(3)28(6)21-11-8-17-13-32-14-22-23(17)24(21)26(33-28)25(20(19)12-18)27(22,4)5/h8-16,33H,7H2,1-6H3. The Bertz CT molecular complexity index is 1380. The number of nitrogens with zero attached hydrogens (tertiary/aromatic N) is 1. The third-order valence-electron chi connectivity index (χ3n) is 9.25. The largest absolute Gasteiger partial charge is 0.374 e. The fourth-order valence-electron chi connectivity index (χ4n) is 6.63. The fourth-order valence-corrected chi connectivity index (χ4v) is 6.63. The van der Waals surface area contributed by atoms with E-state index in [1.165, 1.54) is 49.9 Å². The van der Waals surface area contributed by atoms with E-state index in [4.69, 9.17) is 15.7 Å². The number of fused-ring (bicyclic) bond motifs is 4. The number of aromatic nitrogens is 1. The molecule has 0 spiro atoms. The van der Waals surface area contributed by atoms with Crippen LogP contribution < -0.4 is 5.32 Å². The Kier molecular flexibility index (Phi) is 4.05. The molecule has 2 aromatic carbocycles. The molecule has 3 heterocycles. The molecule has 1 N–H and O–H groups in total. The first-order valence-electron chi connectivity index (χ1n) is 12.2. The molecule has 33 heavy (non-hydrogen) atoms. The molecule has 0 saturated carbocycles. The van der Waals surface area contributed by atoms with Gasteiger partial charge in [0.2, 0.25) is 0 Å². The summed E-state index contributed by atoms with van der Waals surface area (Å²) in [6, 6.07) is 11.3. The second kappa shape index (κ2) is 6.34. The molecule has 0 amide bonds. The van der Waals surface area contributed by atoms with Gasteiger partial charge < -0.3 is 5.32 Å². The van der Waals surface area contributed by atoms with Crippen molar-refractivity contribution in [2.75, 3.05) is 0 Å². The van der Waals surface area contributed by atoms with Crippen LogP contribution in [0.15, 0.2) is 42.7 Å². The molecule has 1 aliphatic carbocycles. The van der Waals surface area contributed by atoms with Gasteiger partial charge in [-0.05, 0) is 40.1 Å². The van der Waals surface area contributed by atoms with Crippen molar-refractivity contribution in [2.45, 2.75) is 70.0 Å². The summed E-state index contributed by atoms with van der Waals surface area (Å²) >= 11 is 0. The number of nitrogens with one attached hydrogen (secondary N) is 1. The molecule has 4 radical (unpaired) electrons. The minimum absolute atomic E-state index is 0.174. The van der Waals surface area contributed by atoms with Crippen molar-refractivity contribution in [3.05, 3.63) is 76.1 Å². The lowest BCUT2D eigenvalue weighted by atomic mass is 9.45. The quantitative estimate of drug-likeness (QED) is 0.529. The van der Waals surface area contributed by atoms with Crippen LogP contribution in [0.25, 0.3) is 22.0 Å². The van der Waals surface area contributed by atoms with Crippen LogP contribution >= 0.6 is 0 Å². The molecular formula is C29H30B2N2. The predicted molar refractivity (Wildman–Crippen MR) is 140 cm³/mol. The molecule has 3 aromatic rings. The van der Waals surface area contributed by atoms with Crippen molar-refractivity contribution in [1.29, 1.82) is 0 Å². The zero-order valence-electron chi connectivity index (χ0n) is 20.5. The summed E-state index contributed by atoms with van der Waals surface area (Å²) in [4.78, 5) is 4.63. The normalized spacial score (nSPS) is 25.1. The number of hydrogen-bond donors (Lipinski definition) is 1. The summed E-state index contributed by atoms with van der Waals surface area (Å²) < 4.78 is 0. The van der Waals surface area contributed by atoms with Crippen molar-refractivity contribution >= 4 is 37.7 Å². The SMILES string of the molecule is [B]C([B])(c1ccc2c(c1)C1=C3NC(C)(c4ccc5cncc(c5c43)C1(C)C)C2C)C(C)CC. The maximum Gasteiger partial charge on any atom is 0.0686 e. The highest BCUT2D eigenvalue weighted by Crippen LogP contribution is 2.60. The van der Waals surface area contributed by atoms with Crippen molar-refractivity contribution < 1.29 is 0 Å². The molecule has 2 nitrogen and oxygen atoms in total. The van der Waals surface area contributed by atoms with E-state index in [0.29, 0.717) is 0 Å². The van der Waals surface area contributed by atoms with Gasteiger partial charge in [0.25, 0.3) is 0 Å². The smallest absolute Gasteiger partial charge is 0.0686 e. The first-order valence-corrected chi connectivity index (χ1v) is 12.2. The first-order chi connectivity index (χ1) is 15.5. The number of rotatable bonds is 3. The molecule has 4 heteroatoms. The Morgan fingerprint density at radius 2 is 1.85 bits per heavy atom.